The molecule has 1 amide bonds. The average molecular weight is 286 g/mol. The van der Waals surface area contributed by atoms with E-state index in [4.69, 9.17) is 5.11 Å². The summed E-state index contributed by atoms with van der Waals surface area (Å²) < 4.78 is 0. The number of hydrogen-bond donors (Lipinski definition) is 1. The van der Waals surface area contributed by atoms with Crippen molar-refractivity contribution < 1.29 is 14.7 Å². The van der Waals surface area contributed by atoms with E-state index in [2.05, 4.69) is 25.7 Å². The number of aliphatic carboxylic acids is 1. The predicted molar refractivity (Wildman–Crippen MR) is 80.7 cm³/mol. The smallest absolute Gasteiger partial charge is 0.304 e. The average Bonchev–Trinajstić information content (AvgIpc) is 2.33. The molecule has 0 aromatic carbocycles. The molecule has 0 aliphatic carbocycles. The number of rotatable bonds is 9. The lowest BCUT2D eigenvalue weighted by Crippen LogP contribution is -2.43. The topological polar surface area (TPSA) is 60.9 Å². The lowest BCUT2D eigenvalue weighted by atomic mass is 10.0. The summed E-state index contributed by atoms with van der Waals surface area (Å²) in [5.41, 5.74) is -0.0757. The van der Waals surface area contributed by atoms with E-state index in [0.717, 1.165) is 26.1 Å². The number of amides is 1. The van der Waals surface area contributed by atoms with Gasteiger partial charge in [-0.2, -0.15) is 0 Å². The summed E-state index contributed by atoms with van der Waals surface area (Å²) in [4.78, 5) is 26.6. The Kier molecular flexibility index (Phi) is 8.46. The zero-order valence-electron chi connectivity index (χ0n) is 13.6. The van der Waals surface area contributed by atoms with Crippen LogP contribution >= 0.6 is 0 Å². The van der Waals surface area contributed by atoms with Crippen molar-refractivity contribution in [1.29, 1.82) is 0 Å². The van der Waals surface area contributed by atoms with Crippen molar-refractivity contribution in [2.24, 2.45) is 0 Å². The van der Waals surface area contributed by atoms with Crippen molar-refractivity contribution in [3.05, 3.63) is 0 Å². The first-order valence-electron chi connectivity index (χ1n) is 7.47. The van der Waals surface area contributed by atoms with Gasteiger partial charge in [-0.25, -0.2) is 0 Å². The van der Waals surface area contributed by atoms with Crippen LogP contribution in [0.4, 0.5) is 0 Å². The minimum Gasteiger partial charge on any atom is -0.481 e. The molecule has 0 saturated carbocycles. The van der Waals surface area contributed by atoms with Crippen LogP contribution < -0.4 is 0 Å². The first-order valence-corrected chi connectivity index (χ1v) is 7.47. The lowest BCUT2D eigenvalue weighted by Gasteiger charge is -2.35. The number of nitrogens with zero attached hydrogens (tertiary/aromatic N) is 2. The SMILES string of the molecule is CCN(CC)C(=O)CCCN(CCC(=O)O)C(C)(C)C. The summed E-state index contributed by atoms with van der Waals surface area (Å²) in [5.74, 6) is -0.597. The third kappa shape index (κ3) is 7.48. The fourth-order valence-electron chi connectivity index (χ4n) is 2.17. The second-order valence-corrected chi connectivity index (χ2v) is 5.97. The molecule has 0 unspecified atom stereocenters. The molecule has 0 heterocycles. The van der Waals surface area contributed by atoms with Gasteiger partial charge in [0.25, 0.3) is 0 Å². The highest BCUT2D eigenvalue weighted by atomic mass is 16.4. The molecular weight excluding hydrogens is 256 g/mol. The van der Waals surface area contributed by atoms with Gasteiger partial charge in [-0.1, -0.05) is 0 Å². The van der Waals surface area contributed by atoms with Crippen molar-refractivity contribution in [1.82, 2.24) is 9.80 Å². The van der Waals surface area contributed by atoms with Crippen molar-refractivity contribution in [3.8, 4) is 0 Å². The maximum absolute atomic E-state index is 11.9. The van der Waals surface area contributed by atoms with Crippen LogP contribution in [0.15, 0.2) is 0 Å². The Labute approximate surface area is 122 Å². The minimum absolute atomic E-state index is 0.0757. The Bertz CT molecular complexity index is 307. The van der Waals surface area contributed by atoms with Gasteiger partial charge in [0.2, 0.25) is 5.91 Å². The van der Waals surface area contributed by atoms with Crippen LogP contribution in [0.25, 0.3) is 0 Å². The van der Waals surface area contributed by atoms with E-state index in [-0.39, 0.29) is 17.9 Å². The van der Waals surface area contributed by atoms with Gasteiger partial charge in [0, 0.05) is 31.6 Å². The van der Waals surface area contributed by atoms with E-state index < -0.39 is 5.97 Å². The van der Waals surface area contributed by atoms with Crippen LogP contribution in [0.2, 0.25) is 0 Å². The van der Waals surface area contributed by atoms with Crippen molar-refractivity contribution in [2.75, 3.05) is 26.2 Å². The molecule has 0 rings (SSSR count). The van der Waals surface area contributed by atoms with Gasteiger partial charge in [0.05, 0.1) is 6.42 Å². The van der Waals surface area contributed by atoms with Crippen LogP contribution in [-0.2, 0) is 9.59 Å². The minimum atomic E-state index is -0.779. The highest BCUT2D eigenvalue weighted by Crippen LogP contribution is 2.15. The van der Waals surface area contributed by atoms with Crippen molar-refractivity contribution >= 4 is 11.9 Å². The molecule has 0 fully saturated rings. The third-order valence-electron chi connectivity index (χ3n) is 3.48. The summed E-state index contributed by atoms with van der Waals surface area (Å²) >= 11 is 0. The Balaban J connectivity index is 4.27. The zero-order valence-corrected chi connectivity index (χ0v) is 13.6. The fraction of sp³-hybridized carbons (Fsp3) is 0.867. The van der Waals surface area contributed by atoms with Crippen LogP contribution in [0.5, 0.6) is 0 Å². The van der Waals surface area contributed by atoms with E-state index in [1.165, 1.54) is 0 Å². The highest BCUT2D eigenvalue weighted by Gasteiger charge is 2.21. The number of carboxylic acids is 1. The van der Waals surface area contributed by atoms with E-state index >= 15 is 0 Å². The predicted octanol–water partition coefficient (Wildman–Crippen LogP) is 2.21. The number of carbonyl (C=O) groups excluding carboxylic acids is 1. The first-order chi connectivity index (χ1) is 9.22. The van der Waals surface area contributed by atoms with Gasteiger partial charge >= 0.3 is 5.97 Å². The van der Waals surface area contributed by atoms with E-state index in [9.17, 15) is 9.59 Å². The molecule has 0 radical (unpaired) electrons. The Morgan fingerprint density at radius 1 is 1.00 bits per heavy atom. The first kappa shape index (κ1) is 18.9. The summed E-state index contributed by atoms with van der Waals surface area (Å²) in [6, 6.07) is 0. The Hall–Kier alpha value is -1.10. The molecule has 20 heavy (non-hydrogen) atoms. The molecule has 0 bridgehead atoms. The maximum atomic E-state index is 11.9. The molecule has 5 nitrogen and oxygen atoms in total. The molecule has 0 aromatic heterocycles. The molecule has 0 aliphatic rings. The zero-order chi connectivity index (χ0) is 15.8. The van der Waals surface area contributed by atoms with Gasteiger partial charge in [0.15, 0.2) is 0 Å². The number of hydrogen-bond acceptors (Lipinski definition) is 3. The van der Waals surface area contributed by atoms with Gasteiger partial charge in [-0.3, -0.25) is 14.5 Å². The molecule has 0 spiro atoms. The van der Waals surface area contributed by atoms with E-state index in [0.29, 0.717) is 13.0 Å². The Morgan fingerprint density at radius 2 is 1.55 bits per heavy atom. The molecule has 1 N–H and O–H groups in total. The number of carbonyl (C=O) groups is 2. The summed E-state index contributed by atoms with van der Waals surface area (Å²) in [6.45, 7) is 12.9. The standard InChI is InChI=1S/C15H30N2O3/c1-6-16(7-2)13(18)9-8-11-17(15(3,4)5)12-10-14(19)20/h6-12H2,1-5H3,(H,19,20). The Morgan fingerprint density at radius 3 is 1.95 bits per heavy atom. The van der Waals surface area contributed by atoms with Crippen molar-refractivity contribution in [3.63, 3.8) is 0 Å². The van der Waals surface area contributed by atoms with Crippen LogP contribution in [0.1, 0.15) is 53.9 Å². The summed E-state index contributed by atoms with van der Waals surface area (Å²) in [6.07, 6.45) is 1.44. The molecule has 0 aliphatic heterocycles. The monoisotopic (exact) mass is 286 g/mol. The van der Waals surface area contributed by atoms with Crippen LogP contribution in [-0.4, -0.2) is 58.5 Å². The second-order valence-electron chi connectivity index (χ2n) is 5.97. The quantitative estimate of drug-likeness (QED) is 0.706. The van der Waals surface area contributed by atoms with Gasteiger partial charge in [-0.05, 0) is 47.6 Å². The fourth-order valence-corrected chi connectivity index (χ4v) is 2.17. The van der Waals surface area contributed by atoms with Gasteiger partial charge < -0.3 is 10.0 Å². The van der Waals surface area contributed by atoms with Crippen LogP contribution in [0, 0.1) is 0 Å². The van der Waals surface area contributed by atoms with Crippen LogP contribution in [0.3, 0.4) is 0 Å². The summed E-state index contributed by atoms with van der Waals surface area (Å²) in [5, 5.41) is 8.79. The van der Waals surface area contributed by atoms with Crippen molar-refractivity contribution in [2.45, 2.75) is 59.4 Å². The molecule has 118 valence electrons. The largest absolute Gasteiger partial charge is 0.481 e. The number of carboxylic acid groups (broad SMARTS) is 1. The summed E-state index contributed by atoms with van der Waals surface area (Å²) in [7, 11) is 0. The normalized spacial score (nSPS) is 11.7. The third-order valence-corrected chi connectivity index (χ3v) is 3.48. The molecular formula is C15H30N2O3. The highest BCUT2D eigenvalue weighted by molar-refractivity contribution is 5.76. The lowest BCUT2D eigenvalue weighted by molar-refractivity contribution is -0.137. The van der Waals surface area contributed by atoms with E-state index in [1.807, 2.05) is 18.7 Å². The molecule has 0 aromatic rings. The molecule has 0 saturated heterocycles. The van der Waals surface area contributed by atoms with E-state index in [1.54, 1.807) is 0 Å². The molecule has 5 heteroatoms. The van der Waals surface area contributed by atoms with Gasteiger partial charge in [-0.15, -0.1) is 0 Å². The van der Waals surface area contributed by atoms with Gasteiger partial charge in [0.1, 0.15) is 0 Å². The maximum Gasteiger partial charge on any atom is 0.304 e. The second kappa shape index (κ2) is 8.95. The molecule has 0 atom stereocenters.